The second kappa shape index (κ2) is 5.64. The highest BCUT2D eigenvalue weighted by Gasteiger charge is 2.11. The van der Waals surface area contributed by atoms with Crippen molar-refractivity contribution >= 4 is 11.7 Å². The number of nitrogens with one attached hydrogen (secondary N) is 1. The van der Waals surface area contributed by atoms with Crippen LogP contribution in [0.15, 0.2) is 24.9 Å². The largest absolute Gasteiger partial charge is 0.389 e. The molecule has 0 spiro atoms. The van der Waals surface area contributed by atoms with E-state index in [0.717, 1.165) is 0 Å². The Labute approximate surface area is 91.9 Å². The van der Waals surface area contributed by atoms with Crippen LogP contribution in [-0.2, 0) is 11.3 Å². The third kappa shape index (κ3) is 3.52. The van der Waals surface area contributed by atoms with Crippen LogP contribution in [0.1, 0.15) is 6.42 Å². The molecule has 0 saturated carbocycles. The van der Waals surface area contributed by atoms with E-state index in [4.69, 9.17) is 0 Å². The number of nitro groups is 1. The number of aromatic nitrogens is 2. The molecule has 1 aromatic rings. The number of amides is 1. The minimum absolute atomic E-state index is 0.141. The van der Waals surface area contributed by atoms with E-state index in [-0.39, 0.29) is 18.1 Å². The Hall–Kier alpha value is -2.18. The Morgan fingerprint density at radius 2 is 2.50 bits per heavy atom. The highest BCUT2D eigenvalue weighted by Crippen LogP contribution is 2.05. The van der Waals surface area contributed by atoms with Gasteiger partial charge in [-0.15, -0.1) is 6.58 Å². The van der Waals surface area contributed by atoms with Crippen molar-refractivity contribution in [1.82, 2.24) is 15.1 Å². The average Bonchev–Trinajstić information content (AvgIpc) is 2.72. The number of hydrogen-bond donors (Lipinski definition) is 1. The Bertz CT molecular complexity index is 399. The smallest absolute Gasteiger partial charge is 0.358 e. The quantitative estimate of drug-likeness (QED) is 0.432. The molecule has 0 radical (unpaired) electrons. The summed E-state index contributed by atoms with van der Waals surface area (Å²) in [5.74, 6) is -0.357. The maximum absolute atomic E-state index is 11.2. The fraction of sp³-hybridized carbons (Fsp3) is 0.333. The third-order valence-electron chi connectivity index (χ3n) is 1.83. The zero-order chi connectivity index (χ0) is 12.0. The van der Waals surface area contributed by atoms with Gasteiger partial charge < -0.3 is 15.4 Å². The molecule has 0 fully saturated rings. The summed E-state index contributed by atoms with van der Waals surface area (Å²) in [7, 11) is 0. The Kier molecular flexibility index (Phi) is 4.19. The molecule has 1 aromatic heterocycles. The summed E-state index contributed by atoms with van der Waals surface area (Å²) in [6.45, 7) is 4.20. The summed E-state index contributed by atoms with van der Waals surface area (Å²) in [4.78, 5) is 20.9. The van der Waals surface area contributed by atoms with Gasteiger partial charge in [-0.1, -0.05) is 6.08 Å². The fourth-order valence-electron chi connectivity index (χ4n) is 1.06. The first-order chi connectivity index (χ1) is 7.63. The van der Waals surface area contributed by atoms with Gasteiger partial charge in [0.1, 0.15) is 0 Å². The maximum Gasteiger partial charge on any atom is 0.389 e. The number of hydrogen-bond acceptors (Lipinski definition) is 4. The molecule has 0 unspecified atom stereocenters. The molecule has 0 saturated heterocycles. The molecule has 0 aliphatic rings. The first kappa shape index (κ1) is 11.9. The molecule has 7 nitrogen and oxygen atoms in total. The number of aryl methyl sites for hydroxylation is 1. The molecule has 16 heavy (non-hydrogen) atoms. The van der Waals surface area contributed by atoms with Gasteiger partial charge in [0.25, 0.3) is 0 Å². The normalized spacial score (nSPS) is 9.75. The van der Waals surface area contributed by atoms with Gasteiger partial charge in [0.05, 0.1) is 23.9 Å². The Morgan fingerprint density at radius 1 is 1.75 bits per heavy atom. The number of nitrogens with zero attached hydrogens (tertiary/aromatic N) is 3. The van der Waals surface area contributed by atoms with Gasteiger partial charge in [-0.2, -0.15) is 4.68 Å². The molecule has 1 rings (SSSR count). The summed E-state index contributed by atoms with van der Waals surface area (Å²) in [6.07, 6.45) is 3.28. The highest BCUT2D eigenvalue weighted by molar-refractivity contribution is 5.75. The standard InChI is InChI=1S/C9H12N4O3/c1-2-5-10-9(14)4-7-12-6-3-8(11-12)13(15)16/h2-3,6H,1,4-5,7H2,(H,10,14). The van der Waals surface area contributed by atoms with Crippen molar-refractivity contribution in [1.29, 1.82) is 0 Å². The van der Waals surface area contributed by atoms with E-state index in [1.807, 2.05) is 0 Å². The summed E-state index contributed by atoms with van der Waals surface area (Å²) in [5.41, 5.74) is 0. The van der Waals surface area contributed by atoms with Crippen molar-refractivity contribution in [3.63, 3.8) is 0 Å². The summed E-state index contributed by atoms with van der Waals surface area (Å²) in [5, 5.41) is 16.6. The summed E-state index contributed by atoms with van der Waals surface area (Å²) in [6, 6.07) is 1.29. The van der Waals surface area contributed by atoms with Gasteiger partial charge in [0.15, 0.2) is 0 Å². The van der Waals surface area contributed by atoms with E-state index >= 15 is 0 Å². The van der Waals surface area contributed by atoms with Crippen LogP contribution < -0.4 is 5.32 Å². The predicted molar refractivity (Wildman–Crippen MR) is 56.7 cm³/mol. The third-order valence-corrected chi connectivity index (χ3v) is 1.83. The molecular formula is C9H12N4O3. The van der Waals surface area contributed by atoms with Crippen molar-refractivity contribution in [3.05, 3.63) is 35.0 Å². The van der Waals surface area contributed by atoms with E-state index in [2.05, 4.69) is 17.0 Å². The summed E-state index contributed by atoms with van der Waals surface area (Å²) >= 11 is 0. The van der Waals surface area contributed by atoms with Crippen LogP contribution in [0.3, 0.4) is 0 Å². The van der Waals surface area contributed by atoms with Gasteiger partial charge in [0, 0.05) is 13.0 Å². The highest BCUT2D eigenvalue weighted by atomic mass is 16.6. The fourth-order valence-corrected chi connectivity index (χ4v) is 1.06. The molecule has 0 atom stereocenters. The maximum atomic E-state index is 11.2. The first-order valence-electron chi connectivity index (χ1n) is 4.69. The van der Waals surface area contributed by atoms with E-state index < -0.39 is 4.92 Å². The van der Waals surface area contributed by atoms with Crippen LogP contribution >= 0.6 is 0 Å². The van der Waals surface area contributed by atoms with Crippen LogP contribution in [0.4, 0.5) is 5.82 Å². The van der Waals surface area contributed by atoms with Crippen molar-refractivity contribution in [3.8, 4) is 0 Å². The van der Waals surface area contributed by atoms with Gasteiger partial charge >= 0.3 is 5.82 Å². The second-order valence-electron chi connectivity index (χ2n) is 3.04. The zero-order valence-corrected chi connectivity index (χ0v) is 8.63. The molecule has 1 N–H and O–H groups in total. The summed E-state index contributed by atoms with van der Waals surface area (Å²) < 4.78 is 1.37. The molecule has 0 bridgehead atoms. The molecule has 7 heteroatoms. The number of rotatable bonds is 6. The van der Waals surface area contributed by atoms with Crippen molar-refractivity contribution < 1.29 is 9.72 Å². The zero-order valence-electron chi connectivity index (χ0n) is 8.63. The van der Waals surface area contributed by atoms with E-state index in [0.29, 0.717) is 13.1 Å². The molecule has 0 aliphatic carbocycles. The lowest BCUT2D eigenvalue weighted by Gasteiger charge is -1.99. The van der Waals surface area contributed by atoms with Crippen LogP contribution in [0.25, 0.3) is 0 Å². The van der Waals surface area contributed by atoms with Gasteiger partial charge in [0.2, 0.25) is 5.91 Å². The van der Waals surface area contributed by atoms with E-state index in [1.165, 1.54) is 16.9 Å². The minimum atomic E-state index is -0.575. The lowest BCUT2D eigenvalue weighted by molar-refractivity contribution is -0.389. The number of carbonyl (C=O) groups excluding carboxylic acids is 1. The van der Waals surface area contributed by atoms with Crippen molar-refractivity contribution in [2.75, 3.05) is 6.54 Å². The lowest BCUT2D eigenvalue weighted by Crippen LogP contribution is -2.24. The van der Waals surface area contributed by atoms with E-state index in [1.54, 1.807) is 6.08 Å². The minimum Gasteiger partial charge on any atom is -0.358 e. The monoisotopic (exact) mass is 224 g/mol. The number of carbonyl (C=O) groups is 1. The van der Waals surface area contributed by atoms with Gasteiger partial charge in [-0.3, -0.25) is 4.79 Å². The Morgan fingerprint density at radius 3 is 3.06 bits per heavy atom. The molecule has 1 amide bonds. The lowest BCUT2D eigenvalue weighted by atomic mass is 10.4. The molecule has 0 aliphatic heterocycles. The van der Waals surface area contributed by atoms with Crippen LogP contribution in [0, 0.1) is 10.1 Å². The molecule has 0 aromatic carbocycles. The van der Waals surface area contributed by atoms with E-state index in [9.17, 15) is 14.9 Å². The van der Waals surface area contributed by atoms with Gasteiger partial charge in [-0.25, -0.2) is 0 Å². The average molecular weight is 224 g/mol. The van der Waals surface area contributed by atoms with Crippen molar-refractivity contribution in [2.45, 2.75) is 13.0 Å². The SMILES string of the molecule is C=CCNC(=O)CCn1ccc([N+](=O)[O-])n1. The van der Waals surface area contributed by atoms with Crippen LogP contribution in [0.5, 0.6) is 0 Å². The first-order valence-corrected chi connectivity index (χ1v) is 4.69. The predicted octanol–water partition coefficient (Wildman–Crippen LogP) is 0.484. The van der Waals surface area contributed by atoms with Crippen molar-refractivity contribution in [2.24, 2.45) is 0 Å². The van der Waals surface area contributed by atoms with Crippen LogP contribution in [-0.4, -0.2) is 27.2 Å². The Balaban J connectivity index is 2.39. The molecule has 86 valence electrons. The molecular weight excluding hydrogens is 212 g/mol. The van der Waals surface area contributed by atoms with Crippen LogP contribution in [0.2, 0.25) is 0 Å². The topological polar surface area (TPSA) is 90.1 Å². The van der Waals surface area contributed by atoms with Gasteiger partial charge in [-0.05, 0) is 4.92 Å². The molecule has 1 heterocycles. The second-order valence-corrected chi connectivity index (χ2v) is 3.04.